The molecule has 2 heteroatoms. The summed E-state index contributed by atoms with van der Waals surface area (Å²) in [7, 11) is 2.00. The molecule has 0 aromatic heterocycles. The minimum atomic E-state index is 0.649. The maximum absolute atomic E-state index is 3.53. The SMILES string of the molecule is CCC(CNCCCNC)c1ccccc1. The molecule has 0 aliphatic carbocycles. The number of hydrogen-bond acceptors (Lipinski definition) is 2. The van der Waals surface area contributed by atoms with Crippen molar-refractivity contribution in [3.63, 3.8) is 0 Å². The lowest BCUT2D eigenvalue weighted by atomic mass is 9.96. The van der Waals surface area contributed by atoms with Crippen LogP contribution in [0.2, 0.25) is 0 Å². The van der Waals surface area contributed by atoms with Crippen molar-refractivity contribution in [1.82, 2.24) is 10.6 Å². The molecule has 0 saturated carbocycles. The molecule has 0 spiro atoms. The van der Waals surface area contributed by atoms with Crippen LogP contribution in [0.3, 0.4) is 0 Å². The lowest BCUT2D eigenvalue weighted by Gasteiger charge is -2.16. The first-order chi connectivity index (χ1) is 7.88. The molecule has 1 atom stereocenters. The zero-order valence-electron chi connectivity index (χ0n) is 10.5. The summed E-state index contributed by atoms with van der Waals surface area (Å²) >= 11 is 0. The third kappa shape index (κ3) is 4.77. The lowest BCUT2D eigenvalue weighted by Crippen LogP contribution is -2.24. The third-order valence-corrected chi connectivity index (χ3v) is 2.93. The van der Waals surface area contributed by atoms with E-state index in [1.54, 1.807) is 0 Å². The van der Waals surface area contributed by atoms with E-state index in [4.69, 9.17) is 0 Å². The van der Waals surface area contributed by atoms with Gasteiger partial charge in [0, 0.05) is 6.54 Å². The predicted molar refractivity (Wildman–Crippen MR) is 70.9 cm³/mol. The Morgan fingerprint density at radius 1 is 1.12 bits per heavy atom. The molecule has 0 saturated heterocycles. The molecule has 1 aromatic rings. The monoisotopic (exact) mass is 220 g/mol. The molecule has 1 rings (SSSR count). The topological polar surface area (TPSA) is 24.1 Å². The summed E-state index contributed by atoms with van der Waals surface area (Å²) in [5.74, 6) is 0.649. The van der Waals surface area contributed by atoms with Crippen LogP contribution in [0.25, 0.3) is 0 Å². The second-order valence-electron chi connectivity index (χ2n) is 4.18. The van der Waals surface area contributed by atoms with Crippen LogP contribution < -0.4 is 10.6 Å². The zero-order valence-corrected chi connectivity index (χ0v) is 10.5. The quantitative estimate of drug-likeness (QED) is 0.657. The summed E-state index contributed by atoms with van der Waals surface area (Å²) in [5, 5.41) is 6.69. The maximum Gasteiger partial charge on any atom is 0.00200 e. The standard InChI is InChI=1S/C14H24N2/c1-3-13(12-16-11-7-10-15-2)14-8-5-4-6-9-14/h4-6,8-9,13,15-16H,3,7,10-12H2,1-2H3. The Bertz CT molecular complexity index is 259. The average Bonchev–Trinajstić information content (AvgIpc) is 2.35. The first-order valence-electron chi connectivity index (χ1n) is 6.28. The highest BCUT2D eigenvalue weighted by Gasteiger charge is 2.07. The minimum Gasteiger partial charge on any atom is -0.320 e. The Morgan fingerprint density at radius 3 is 2.50 bits per heavy atom. The van der Waals surface area contributed by atoms with Crippen LogP contribution in [0, 0.1) is 0 Å². The van der Waals surface area contributed by atoms with E-state index in [2.05, 4.69) is 47.9 Å². The minimum absolute atomic E-state index is 0.649. The van der Waals surface area contributed by atoms with Gasteiger partial charge in [0.2, 0.25) is 0 Å². The summed E-state index contributed by atoms with van der Waals surface area (Å²) in [4.78, 5) is 0. The van der Waals surface area contributed by atoms with Gasteiger partial charge in [0.1, 0.15) is 0 Å². The second kappa shape index (κ2) is 8.31. The maximum atomic E-state index is 3.53. The Balaban J connectivity index is 2.27. The van der Waals surface area contributed by atoms with Gasteiger partial charge in [-0.25, -0.2) is 0 Å². The van der Waals surface area contributed by atoms with Gasteiger partial charge in [0.25, 0.3) is 0 Å². The second-order valence-corrected chi connectivity index (χ2v) is 4.18. The van der Waals surface area contributed by atoms with Crippen LogP contribution in [0.4, 0.5) is 0 Å². The molecule has 2 N–H and O–H groups in total. The Kier molecular flexibility index (Phi) is 6.86. The summed E-state index contributed by atoms with van der Waals surface area (Å²) in [6.07, 6.45) is 2.39. The van der Waals surface area contributed by atoms with Gasteiger partial charge in [0.05, 0.1) is 0 Å². The molecular formula is C14H24N2. The van der Waals surface area contributed by atoms with E-state index in [9.17, 15) is 0 Å². The van der Waals surface area contributed by atoms with E-state index in [-0.39, 0.29) is 0 Å². The fourth-order valence-corrected chi connectivity index (χ4v) is 1.89. The van der Waals surface area contributed by atoms with Crippen molar-refractivity contribution < 1.29 is 0 Å². The van der Waals surface area contributed by atoms with Gasteiger partial charge >= 0.3 is 0 Å². The summed E-state index contributed by atoms with van der Waals surface area (Å²) in [5.41, 5.74) is 1.45. The van der Waals surface area contributed by atoms with Crippen LogP contribution in [-0.4, -0.2) is 26.7 Å². The highest BCUT2D eigenvalue weighted by Crippen LogP contribution is 2.17. The number of hydrogen-bond donors (Lipinski definition) is 2. The van der Waals surface area contributed by atoms with Crippen molar-refractivity contribution in [3.8, 4) is 0 Å². The molecular weight excluding hydrogens is 196 g/mol. The molecule has 0 bridgehead atoms. The lowest BCUT2D eigenvalue weighted by molar-refractivity contribution is 0.552. The molecule has 90 valence electrons. The van der Waals surface area contributed by atoms with Crippen LogP contribution >= 0.6 is 0 Å². The Morgan fingerprint density at radius 2 is 1.88 bits per heavy atom. The molecule has 0 amide bonds. The van der Waals surface area contributed by atoms with Gasteiger partial charge < -0.3 is 10.6 Å². The molecule has 2 nitrogen and oxygen atoms in total. The van der Waals surface area contributed by atoms with Gasteiger partial charge in [0.15, 0.2) is 0 Å². The molecule has 1 unspecified atom stereocenters. The van der Waals surface area contributed by atoms with E-state index in [1.807, 2.05) is 7.05 Å². The van der Waals surface area contributed by atoms with Crippen LogP contribution in [0.15, 0.2) is 30.3 Å². The normalized spacial score (nSPS) is 12.6. The highest BCUT2D eigenvalue weighted by molar-refractivity contribution is 5.19. The third-order valence-electron chi connectivity index (χ3n) is 2.93. The van der Waals surface area contributed by atoms with Gasteiger partial charge in [-0.2, -0.15) is 0 Å². The molecule has 1 aromatic carbocycles. The highest BCUT2D eigenvalue weighted by atomic mass is 14.9. The molecule has 16 heavy (non-hydrogen) atoms. The molecule has 0 aliphatic heterocycles. The first-order valence-corrected chi connectivity index (χ1v) is 6.28. The van der Waals surface area contributed by atoms with Crippen molar-refractivity contribution in [2.24, 2.45) is 0 Å². The van der Waals surface area contributed by atoms with Crippen LogP contribution in [0.5, 0.6) is 0 Å². The van der Waals surface area contributed by atoms with Crippen LogP contribution in [0.1, 0.15) is 31.2 Å². The van der Waals surface area contributed by atoms with Gasteiger partial charge in [-0.1, -0.05) is 37.3 Å². The van der Waals surface area contributed by atoms with Gasteiger partial charge in [-0.3, -0.25) is 0 Å². The Hall–Kier alpha value is -0.860. The van der Waals surface area contributed by atoms with E-state index < -0.39 is 0 Å². The predicted octanol–water partition coefficient (Wildman–Crippen LogP) is 2.38. The van der Waals surface area contributed by atoms with Gasteiger partial charge in [-0.05, 0) is 44.5 Å². The van der Waals surface area contributed by atoms with E-state index in [1.165, 1.54) is 18.4 Å². The fourth-order valence-electron chi connectivity index (χ4n) is 1.89. The smallest absolute Gasteiger partial charge is 0.00200 e. The summed E-state index contributed by atoms with van der Waals surface area (Å²) in [6.45, 7) is 5.54. The van der Waals surface area contributed by atoms with Crippen molar-refractivity contribution in [3.05, 3.63) is 35.9 Å². The Labute approximate surface area is 99.5 Å². The van der Waals surface area contributed by atoms with Crippen molar-refractivity contribution >= 4 is 0 Å². The first kappa shape index (κ1) is 13.2. The average molecular weight is 220 g/mol. The van der Waals surface area contributed by atoms with Crippen molar-refractivity contribution in [1.29, 1.82) is 0 Å². The molecule has 0 radical (unpaired) electrons. The molecule has 0 fully saturated rings. The number of benzene rings is 1. The van der Waals surface area contributed by atoms with E-state index in [0.29, 0.717) is 5.92 Å². The van der Waals surface area contributed by atoms with Crippen LogP contribution in [-0.2, 0) is 0 Å². The number of rotatable bonds is 8. The van der Waals surface area contributed by atoms with E-state index in [0.717, 1.165) is 19.6 Å². The largest absolute Gasteiger partial charge is 0.320 e. The fraction of sp³-hybridized carbons (Fsp3) is 0.571. The summed E-state index contributed by atoms with van der Waals surface area (Å²) < 4.78 is 0. The summed E-state index contributed by atoms with van der Waals surface area (Å²) in [6, 6.07) is 10.8. The van der Waals surface area contributed by atoms with Crippen molar-refractivity contribution in [2.75, 3.05) is 26.7 Å². The number of nitrogens with one attached hydrogen (secondary N) is 2. The van der Waals surface area contributed by atoms with Crippen molar-refractivity contribution in [2.45, 2.75) is 25.7 Å². The molecule has 0 aliphatic rings. The van der Waals surface area contributed by atoms with Gasteiger partial charge in [-0.15, -0.1) is 0 Å². The van der Waals surface area contributed by atoms with E-state index >= 15 is 0 Å². The molecule has 0 heterocycles. The zero-order chi connectivity index (χ0) is 11.6.